The van der Waals surface area contributed by atoms with Crippen LogP contribution in [0, 0.1) is 5.82 Å². The molecule has 0 radical (unpaired) electrons. The Balaban J connectivity index is 1.61. The number of nitrogens with zero attached hydrogens (tertiary/aromatic N) is 3. The normalized spacial score (nSPS) is 17.0. The number of imidazole rings is 1. The third-order valence-corrected chi connectivity index (χ3v) is 5.13. The molecule has 6 heteroatoms. The first kappa shape index (κ1) is 17.9. The zero-order chi connectivity index (χ0) is 19.0. The van der Waals surface area contributed by atoms with Crippen molar-refractivity contribution in [2.45, 2.75) is 25.4 Å². The first-order chi connectivity index (χ1) is 13.0. The molecule has 0 saturated carbocycles. The number of fused-ring (bicyclic) bond motifs is 1. The number of aromatic nitrogens is 2. The van der Waals surface area contributed by atoms with Crippen molar-refractivity contribution >= 4 is 32.9 Å². The van der Waals surface area contributed by atoms with Crippen LogP contribution in [0.4, 0.5) is 4.39 Å². The molecule has 27 heavy (non-hydrogen) atoms. The third-order valence-electron chi connectivity index (χ3n) is 4.88. The van der Waals surface area contributed by atoms with Crippen LogP contribution < -0.4 is 0 Å². The Kier molecular flexibility index (Phi) is 4.83. The van der Waals surface area contributed by atoms with E-state index in [9.17, 15) is 9.18 Å². The van der Waals surface area contributed by atoms with Crippen molar-refractivity contribution in [2.24, 2.45) is 0 Å². The second-order valence-electron chi connectivity index (χ2n) is 6.86. The van der Waals surface area contributed by atoms with Gasteiger partial charge in [0.1, 0.15) is 11.6 Å². The van der Waals surface area contributed by atoms with E-state index in [4.69, 9.17) is 4.98 Å². The van der Waals surface area contributed by atoms with E-state index in [2.05, 4.69) is 27.1 Å². The van der Waals surface area contributed by atoms with E-state index < -0.39 is 0 Å². The van der Waals surface area contributed by atoms with E-state index in [1.807, 2.05) is 29.2 Å². The lowest BCUT2D eigenvalue weighted by Crippen LogP contribution is -2.24. The number of hydrogen-bond donors (Lipinski definition) is 0. The molecule has 1 atom stereocenters. The zero-order valence-electron chi connectivity index (χ0n) is 14.7. The van der Waals surface area contributed by atoms with E-state index >= 15 is 0 Å². The van der Waals surface area contributed by atoms with Crippen LogP contribution in [0.25, 0.3) is 11.0 Å². The van der Waals surface area contributed by atoms with Gasteiger partial charge >= 0.3 is 0 Å². The molecule has 0 bridgehead atoms. The molecule has 138 valence electrons. The summed E-state index contributed by atoms with van der Waals surface area (Å²) < 4.78 is 16.1. The maximum atomic E-state index is 13.1. The van der Waals surface area contributed by atoms with Gasteiger partial charge in [-0.1, -0.05) is 46.8 Å². The van der Waals surface area contributed by atoms with E-state index in [1.165, 1.54) is 12.1 Å². The monoisotopic (exact) mass is 427 g/mol. The molecule has 0 N–H and O–H groups in total. The van der Waals surface area contributed by atoms with Crippen molar-refractivity contribution < 1.29 is 9.18 Å². The summed E-state index contributed by atoms with van der Waals surface area (Å²) in [6, 6.07) is 14.3. The Morgan fingerprint density at radius 2 is 1.96 bits per heavy atom. The maximum absolute atomic E-state index is 13.1. The lowest BCUT2D eigenvalue weighted by atomic mass is 10.1. The summed E-state index contributed by atoms with van der Waals surface area (Å²) in [7, 11) is 0. The number of carbonyl (C=O) groups excluding carboxylic acids is 1. The molecule has 1 amide bonds. The van der Waals surface area contributed by atoms with Gasteiger partial charge < -0.3 is 9.47 Å². The number of rotatable bonds is 5. The van der Waals surface area contributed by atoms with Crippen molar-refractivity contribution in [3.05, 3.63) is 76.8 Å². The summed E-state index contributed by atoms with van der Waals surface area (Å²) in [5.41, 5.74) is 2.89. The van der Waals surface area contributed by atoms with Gasteiger partial charge in [0.15, 0.2) is 0 Å². The highest BCUT2D eigenvalue weighted by molar-refractivity contribution is 9.11. The van der Waals surface area contributed by atoms with Crippen LogP contribution in [0.15, 0.2) is 59.6 Å². The summed E-state index contributed by atoms with van der Waals surface area (Å²) >= 11 is 3.45. The second kappa shape index (κ2) is 7.27. The van der Waals surface area contributed by atoms with Gasteiger partial charge in [-0.15, -0.1) is 0 Å². The molecule has 1 aliphatic heterocycles. The number of benzene rings is 2. The number of allylic oxidation sites excluding steroid dienone is 1. The number of hydrogen-bond acceptors (Lipinski definition) is 2. The van der Waals surface area contributed by atoms with E-state index in [0.717, 1.165) is 26.9 Å². The molecule has 4 nitrogen and oxygen atoms in total. The highest BCUT2D eigenvalue weighted by Gasteiger charge is 2.34. The molecular weight excluding hydrogens is 409 g/mol. The van der Waals surface area contributed by atoms with Crippen molar-refractivity contribution in [1.82, 2.24) is 14.5 Å². The largest absolute Gasteiger partial charge is 0.338 e. The fraction of sp³-hybridized carbons (Fsp3) is 0.238. The van der Waals surface area contributed by atoms with Crippen LogP contribution in [-0.4, -0.2) is 26.9 Å². The van der Waals surface area contributed by atoms with Crippen LogP contribution in [0.5, 0.6) is 0 Å². The fourth-order valence-electron chi connectivity index (χ4n) is 3.65. The van der Waals surface area contributed by atoms with Gasteiger partial charge in [0.05, 0.1) is 17.6 Å². The van der Waals surface area contributed by atoms with Gasteiger partial charge in [-0.2, -0.15) is 0 Å². The number of amides is 1. The molecule has 2 aromatic carbocycles. The molecule has 1 aliphatic rings. The van der Waals surface area contributed by atoms with E-state index in [-0.39, 0.29) is 17.6 Å². The molecule has 0 spiro atoms. The SMILES string of the molecule is C=C(Br)Cn1c([C@H]2CC(=O)N(Cc3ccc(F)cc3)C2)nc2ccccc21. The van der Waals surface area contributed by atoms with Crippen molar-refractivity contribution in [1.29, 1.82) is 0 Å². The van der Waals surface area contributed by atoms with Crippen LogP contribution in [0.1, 0.15) is 23.7 Å². The summed E-state index contributed by atoms with van der Waals surface area (Å²) in [5.74, 6) is 0.762. The molecule has 0 unspecified atom stereocenters. The van der Waals surface area contributed by atoms with Gasteiger partial charge in [0.2, 0.25) is 5.91 Å². The first-order valence-corrected chi connectivity index (χ1v) is 9.61. The lowest BCUT2D eigenvalue weighted by molar-refractivity contribution is -0.128. The van der Waals surface area contributed by atoms with Gasteiger partial charge in [-0.25, -0.2) is 9.37 Å². The third kappa shape index (κ3) is 3.67. The molecular formula is C21H19BrFN3O. The van der Waals surface area contributed by atoms with Gasteiger partial charge in [-0.05, 0) is 29.8 Å². The number of halogens is 2. The Morgan fingerprint density at radius 1 is 1.22 bits per heavy atom. The van der Waals surface area contributed by atoms with Crippen LogP contribution in [0.3, 0.4) is 0 Å². The number of carbonyl (C=O) groups is 1. The van der Waals surface area contributed by atoms with E-state index in [0.29, 0.717) is 26.1 Å². The van der Waals surface area contributed by atoms with Crippen molar-refractivity contribution in [3.8, 4) is 0 Å². The minimum atomic E-state index is -0.270. The van der Waals surface area contributed by atoms with Crippen molar-refractivity contribution in [2.75, 3.05) is 6.54 Å². The first-order valence-electron chi connectivity index (χ1n) is 8.82. The molecule has 1 saturated heterocycles. The zero-order valence-corrected chi connectivity index (χ0v) is 16.3. The minimum Gasteiger partial charge on any atom is -0.338 e. The highest BCUT2D eigenvalue weighted by Crippen LogP contribution is 2.32. The van der Waals surface area contributed by atoms with Crippen LogP contribution in [0.2, 0.25) is 0 Å². The second-order valence-corrected chi connectivity index (χ2v) is 7.99. The fourth-order valence-corrected chi connectivity index (χ4v) is 3.90. The average molecular weight is 428 g/mol. The predicted octanol–water partition coefficient (Wildman–Crippen LogP) is 4.60. The topological polar surface area (TPSA) is 38.1 Å². The smallest absolute Gasteiger partial charge is 0.223 e. The summed E-state index contributed by atoms with van der Waals surface area (Å²) in [4.78, 5) is 19.2. The predicted molar refractivity (Wildman–Crippen MR) is 107 cm³/mol. The lowest BCUT2D eigenvalue weighted by Gasteiger charge is -2.17. The molecule has 2 heterocycles. The standard InChI is InChI=1S/C21H19BrFN3O/c1-14(22)11-26-19-5-3-2-4-18(19)24-21(26)16-10-20(27)25(13-16)12-15-6-8-17(23)9-7-15/h2-9,16H,1,10-13H2/t16-/m0/s1. The molecule has 0 aliphatic carbocycles. The van der Waals surface area contributed by atoms with Crippen molar-refractivity contribution in [3.63, 3.8) is 0 Å². The highest BCUT2D eigenvalue weighted by atomic mass is 79.9. The summed E-state index contributed by atoms with van der Waals surface area (Å²) in [6.07, 6.45) is 0.430. The Hall–Kier alpha value is -2.47. The number of para-hydroxylation sites is 2. The maximum Gasteiger partial charge on any atom is 0.223 e. The Bertz CT molecular complexity index is 1010. The molecule has 4 rings (SSSR count). The Labute approximate surface area is 165 Å². The molecule has 1 aromatic heterocycles. The van der Waals surface area contributed by atoms with Crippen LogP contribution >= 0.6 is 15.9 Å². The summed E-state index contributed by atoms with van der Waals surface area (Å²) in [6.45, 7) is 5.66. The Morgan fingerprint density at radius 3 is 2.70 bits per heavy atom. The minimum absolute atomic E-state index is 0.0252. The van der Waals surface area contributed by atoms with Gasteiger partial charge in [-0.3, -0.25) is 4.79 Å². The molecule has 1 fully saturated rings. The van der Waals surface area contributed by atoms with Crippen LogP contribution in [-0.2, 0) is 17.9 Å². The average Bonchev–Trinajstić information content (AvgIpc) is 3.18. The quantitative estimate of drug-likeness (QED) is 0.596. The molecule has 3 aromatic rings. The van der Waals surface area contributed by atoms with E-state index in [1.54, 1.807) is 12.1 Å². The van der Waals surface area contributed by atoms with Gasteiger partial charge in [0.25, 0.3) is 0 Å². The number of likely N-dealkylation sites (tertiary alicyclic amines) is 1. The van der Waals surface area contributed by atoms with Gasteiger partial charge in [0, 0.05) is 29.9 Å². The summed E-state index contributed by atoms with van der Waals surface area (Å²) in [5, 5.41) is 0.